The van der Waals surface area contributed by atoms with E-state index in [1.807, 2.05) is 0 Å². The van der Waals surface area contributed by atoms with E-state index in [-0.39, 0.29) is 16.9 Å². The lowest BCUT2D eigenvalue weighted by molar-refractivity contribution is -0.384. The quantitative estimate of drug-likeness (QED) is 0.510. The summed E-state index contributed by atoms with van der Waals surface area (Å²) in [5.74, 6) is -0.471. The molecule has 1 aromatic heterocycles. The van der Waals surface area contributed by atoms with Crippen LogP contribution in [0.5, 0.6) is 0 Å². The molecular weight excluding hydrogens is 393 g/mol. The smallest absolute Gasteiger partial charge is 0.295 e. The molecule has 1 atom stereocenters. The first-order chi connectivity index (χ1) is 12.9. The Morgan fingerprint density at radius 3 is 2.67 bits per heavy atom. The molecule has 0 aliphatic rings. The van der Waals surface area contributed by atoms with Crippen LogP contribution in [-0.2, 0) is 0 Å². The molecule has 8 nitrogen and oxygen atoms in total. The SMILES string of the molecule is CC(NC(=O)c1ccc(-n2cncn2)c([N+](=O)[O-])c1)c1ccc(Cl)cc1Cl. The van der Waals surface area contributed by atoms with Crippen molar-refractivity contribution in [1.29, 1.82) is 0 Å². The highest BCUT2D eigenvalue weighted by atomic mass is 35.5. The van der Waals surface area contributed by atoms with Crippen LogP contribution >= 0.6 is 23.2 Å². The average Bonchev–Trinajstić information content (AvgIpc) is 3.15. The fourth-order valence-electron chi connectivity index (χ4n) is 2.55. The van der Waals surface area contributed by atoms with Crippen molar-refractivity contribution in [2.24, 2.45) is 0 Å². The van der Waals surface area contributed by atoms with E-state index in [1.54, 1.807) is 25.1 Å². The second kappa shape index (κ2) is 7.73. The Kier molecular flexibility index (Phi) is 5.38. The van der Waals surface area contributed by atoms with E-state index >= 15 is 0 Å². The normalized spacial score (nSPS) is 11.8. The molecular formula is C17H13Cl2N5O3. The first kappa shape index (κ1) is 18.8. The summed E-state index contributed by atoms with van der Waals surface area (Å²) >= 11 is 12.0. The fourth-order valence-corrected chi connectivity index (χ4v) is 3.12. The van der Waals surface area contributed by atoms with Crippen LogP contribution in [0, 0.1) is 10.1 Å². The number of aromatic nitrogens is 3. The first-order valence-corrected chi connectivity index (χ1v) is 8.51. The van der Waals surface area contributed by atoms with Crippen molar-refractivity contribution < 1.29 is 9.72 Å². The molecule has 138 valence electrons. The van der Waals surface area contributed by atoms with Gasteiger partial charge in [-0.1, -0.05) is 29.3 Å². The molecule has 3 rings (SSSR count). The van der Waals surface area contributed by atoms with Gasteiger partial charge in [-0.25, -0.2) is 9.67 Å². The van der Waals surface area contributed by atoms with Gasteiger partial charge in [0, 0.05) is 21.7 Å². The Morgan fingerprint density at radius 2 is 2.04 bits per heavy atom. The summed E-state index contributed by atoms with van der Waals surface area (Å²) < 4.78 is 1.26. The molecule has 1 N–H and O–H groups in total. The van der Waals surface area contributed by atoms with Gasteiger partial charge in [-0.3, -0.25) is 14.9 Å². The van der Waals surface area contributed by atoms with Crippen LogP contribution in [0.1, 0.15) is 28.9 Å². The van der Waals surface area contributed by atoms with Gasteiger partial charge in [-0.2, -0.15) is 5.10 Å². The predicted molar refractivity (Wildman–Crippen MR) is 100 cm³/mol. The van der Waals surface area contributed by atoms with E-state index in [9.17, 15) is 14.9 Å². The average molecular weight is 406 g/mol. The van der Waals surface area contributed by atoms with Crippen LogP contribution in [0.15, 0.2) is 49.1 Å². The zero-order valence-corrected chi connectivity index (χ0v) is 15.5. The minimum absolute atomic E-state index is 0.141. The zero-order valence-electron chi connectivity index (χ0n) is 14.0. The van der Waals surface area contributed by atoms with Crippen molar-refractivity contribution in [3.63, 3.8) is 0 Å². The van der Waals surface area contributed by atoms with Gasteiger partial charge in [-0.05, 0) is 36.8 Å². The maximum absolute atomic E-state index is 12.5. The van der Waals surface area contributed by atoms with Gasteiger partial charge in [-0.15, -0.1) is 0 Å². The molecule has 0 aliphatic carbocycles. The van der Waals surface area contributed by atoms with Crippen molar-refractivity contribution in [1.82, 2.24) is 20.1 Å². The topological polar surface area (TPSA) is 103 Å². The second-order valence-corrected chi connectivity index (χ2v) is 6.51. The van der Waals surface area contributed by atoms with Crippen molar-refractivity contribution >= 4 is 34.8 Å². The Morgan fingerprint density at radius 1 is 1.26 bits per heavy atom. The van der Waals surface area contributed by atoms with E-state index in [0.717, 1.165) is 0 Å². The third kappa shape index (κ3) is 4.07. The summed E-state index contributed by atoms with van der Waals surface area (Å²) in [7, 11) is 0. The molecule has 0 bridgehead atoms. The number of nitro benzene ring substituents is 1. The minimum Gasteiger partial charge on any atom is -0.345 e. The highest BCUT2D eigenvalue weighted by Crippen LogP contribution is 2.27. The Hall–Kier alpha value is -2.97. The summed E-state index contributed by atoms with van der Waals surface area (Å²) in [5, 5.41) is 19.0. The molecule has 0 radical (unpaired) electrons. The molecule has 27 heavy (non-hydrogen) atoms. The molecule has 10 heteroatoms. The lowest BCUT2D eigenvalue weighted by Crippen LogP contribution is -2.27. The van der Waals surface area contributed by atoms with Gasteiger partial charge in [0.25, 0.3) is 11.6 Å². The van der Waals surface area contributed by atoms with Crippen molar-refractivity contribution in [2.75, 3.05) is 0 Å². The van der Waals surface area contributed by atoms with Crippen LogP contribution in [0.4, 0.5) is 5.69 Å². The van der Waals surface area contributed by atoms with E-state index in [2.05, 4.69) is 15.4 Å². The molecule has 1 heterocycles. The lowest BCUT2D eigenvalue weighted by Gasteiger charge is -2.16. The van der Waals surface area contributed by atoms with Crippen LogP contribution in [0.25, 0.3) is 5.69 Å². The number of amides is 1. The summed E-state index contributed by atoms with van der Waals surface area (Å²) in [6, 6.07) is 8.67. The maximum Gasteiger partial charge on any atom is 0.295 e. The highest BCUT2D eigenvalue weighted by molar-refractivity contribution is 6.35. The molecule has 1 unspecified atom stereocenters. The Balaban J connectivity index is 1.86. The third-order valence-corrected chi connectivity index (χ3v) is 4.44. The minimum atomic E-state index is -0.576. The van der Waals surface area contributed by atoms with Crippen LogP contribution in [0.3, 0.4) is 0 Å². The second-order valence-electron chi connectivity index (χ2n) is 5.66. The summed E-state index contributed by atoms with van der Waals surface area (Å²) in [6.07, 6.45) is 2.61. The monoisotopic (exact) mass is 405 g/mol. The molecule has 0 saturated heterocycles. The molecule has 2 aromatic carbocycles. The molecule has 0 fully saturated rings. The number of hydrogen-bond acceptors (Lipinski definition) is 5. The van der Waals surface area contributed by atoms with Gasteiger partial charge in [0.1, 0.15) is 18.3 Å². The third-order valence-electron chi connectivity index (χ3n) is 3.88. The maximum atomic E-state index is 12.5. The van der Waals surface area contributed by atoms with Crippen LogP contribution in [0.2, 0.25) is 10.0 Å². The number of nitro groups is 1. The lowest BCUT2D eigenvalue weighted by atomic mass is 10.1. The number of carbonyl (C=O) groups is 1. The largest absolute Gasteiger partial charge is 0.345 e. The number of nitrogens with one attached hydrogen (secondary N) is 1. The van der Waals surface area contributed by atoms with Crippen LogP contribution < -0.4 is 5.32 Å². The van der Waals surface area contributed by atoms with Gasteiger partial charge in [0.05, 0.1) is 11.0 Å². The highest BCUT2D eigenvalue weighted by Gasteiger charge is 2.21. The number of carbonyl (C=O) groups excluding carboxylic acids is 1. The number of nitrogens with zero attached hydrogens (tertiary/aromatic N) is 4. The van der Waals surface area contributed by atoms with Gasteiger partial charge in [0.15, 0.2) is 0 Å². The van der Waals surface area contributed by atoms with E-state index in [0.29, 0.717) is 15.6 Å². The summed E-state index contributed by atoms with van der Waals surface area (Å²) in [5.41, 5.74) is 0.777. The van der Waals surface area contributed by atoms with Gasteiger partial charge in [0.2, 0.25) is 0 Å². The Bertz CT molecular complexity index is 1010. The molecule has 1 amide bonds. The predicted octanol–water partition coefficient (Wildman–Crippen LogP) is 3.97. The van der Waals surface area contributed by atoms with Crippen molar-refractivity contribution in [3.05, 3.63) is 80.3 Å². The fraction of sp³-hybridized carbons (Fsp3) is 0.118. The molecule has 0 spiro atoms. The standard InChI is InChI=1S/C17H13Cl2N5O3/c1-10(13-4-3-12(18)7-14(13)19)22-17(25)11-2-5-15(16(6-11)24(26)27)23-9-20-8-21-23/h2-10H,1H3,(H,22,25). The molecule has 0 aliphatic heterocycles. The summed E-state index contributed by atoms with van der Waals surface area (Å²) in [4.78, 5) is 27.1. The number of rotatable bonds is 5. The Labute approximate surface area is 163 Å². The molecule has 3 aromatic rings. The van der Waals surface area contributed by atoms with Crippen molar-refractivity contribution in [3.8, 4) is 5.69 Å². The number of halogens is 2. The number of hydrogen-bond donors (Lipinski definition) is 1. The van der Waals surface area contributed by atoms with E-state index < -0.39 is 16.9 Å². The molecule has 0 saturated carbocycles. The zero-order chi connectivity index (χ0) is 19.6. The van der Waals surface area contributed by atoms with Crippen molar-refractivity contribution in [2.45, 2.75) is 13.0 Å². The van der Waals surface area contributed by atoms with E-state index in [4.69, 9.17) is 23.2 Å². The van der Waals surface area contributed by atoms with Crippen LogP contribution in [-0.4, -0.2) is 25.6 Å². The van der Waals surface area contributed by atoms with Gasteiger partial charge >= 0.3 is 0 Å². The first-order valence-electron chi connectivity index (χ1n) is 7.76. The van der Waals surface area contributed by atoms with E-state index in [1.165, 1.54) is 35.5 Å². The number of benzene rings is 2. The van der Waals surface area contributed by atoms with Gasteiger partial charge < -0.3 is 5.32 Å². The summed E-state index contributed by atoms with van der Waals surface area (Å²) in [6.45, 7) is 1.76.